The van der Waals surface area contributed by atoms with Gasteiger partial charge in [-0.2, -0.15) is 0 Å². The van der Waals surface area contributed by atoms with E-state index in [0.717, 1.165) is 0 Å². The number of hydrogen-bond acceptors (Lipinski definition) is 4. The minimum Gasteiger partial charge on any atom is -0.323 e. The number of amides is 1. The first-order chi connectivity index (χ1) is 8.14. The SMILES string of the molecule is CC(C)(C)C(=O)CC[C@H]1C(=O)N2CCS(=O)(=O)[C@@H]12. The number of rotatable bonds is 3. The lowest BCUT2D eigenvalue weighted by Gasteiger charge is -2.41. The highest BCUT2D eigenvalue weighted by molar-refractivity contribution is 7.92. The van der Waals surface area contributed by atoms with E-state index >= 15 is 0 Å². The summed E-state index contributed by atoms with van der Waals surface area (Å²) >= 11 is 0. The largest absolute Gasteiger partial charge is 0.323 e. The Hall–Kier alpha value is -0.910. The Labute approximate surface area is 107 Å². The fraction of sp³-hybridized carbons (Fsp3) is 0.833. The molecule has 0 unspecified atom stereocenters. The van der Waals surface area contributed by atoms with Crippen LogP contribution in [0.15, 0.2) is 0 Å². The molecule has 0 aliphatic carbocycles. The van der Waals surface area contributed by atoms with Crippen molar-refractivity contribution < 1.29 is 18.0 Å². The van der Waals surface area contributed by atoms with Gasteiger partial charge in [0.25, 0.3) is 0 Å². The van der Waals surface area contributed by atoms with Crippen molar-refractivity contribution in [2.75, 3.05) is 12.3 Å². The van der Waals surface area contributed by atoms with Crippen molar-refractivity contribution in [1.29, 1.82) is 0 Å². The number of ketones is 1. The minimum atomic E-state index is -3.16. The second kappa shape index (κ2) is 4.05. The van der Waals surface area contributed by atoms with Gasteiger partial charge in [-0.3, -0.25) is 9.59 Å². The van der Waals surface area contributed by atoms with Crippen LogP contribution in [-0.2, 0) is 19.4 Å². The Kier molecular flexibility index (Phi) is 3.04. The third kappa shape index (κ3) is 2.06. The van der Waals surface area contributed by atoms with Crippen molar-refractivity contribution in [3.05, 3.63) is 0 Å². The fourth-order valence-corrected chi connectivity index (χ4v) is 4.59. The first kappa shape index (κ1) is 13.5. The average molecular weight is 273 g/mol. The van der Waals surface area contributed by atoms with Gasteiger partial charge < -0.3 is 4.90 Å². The summed E-state index contributed by atoms with van der Waals surface area (Å²) in [5, 5.41) is -0.655. The molecule has 0 saturated carbocycles. The Morgan fingerprint density at radius 3 is 2.56 bits per heavy atom. The van der Waals surface area contributed by atoms with E-state index < -0.39 is 26.5 Å². The van der Waals surface area contributed by atoms with Crippen LogP contribution < -0.4 is 0 Å². The highest BCUT2D eigenvalue weighted by Gasteiger charge is 2.57. The molecule has 0 radical (unpaired) electrons. The molecule has 2 aliphatic heterocycles. The number of β-lactam (4-membered cyclic amide) rings is 1. The quantitative estimate of drug-likeness (QED) is 0.706. The molecule has 5 nitrogen and oxygen atoms in total. The lowest BCUT2D eigenvalue weighted by Crippen LogP contribution is -2.59. The van der Waals surface area contributed by atoms with Crippen molar-refractivity contribution in [3.63, 3.8) is 0 Å². The molecule has 0 bridgehead atoms. The van der Waals surface area contributed by atoms with Crippen LogP contribution in [0.4, 0.5) is 0 Å². The van der Waals surface area contributed by atoms with E-state index in [-0.39, 0.29) is 23.9 Å². The monoisotopic (exact) mass is 273 g/mol. The van der Waals surface area contributed by atoms with Crippen LogP contribution >= 0.6 is 0 Å². The summed E-state index contributed by atoms with van der Waals surface area (Å²) in [5.41, 5.74) is -0.430. The van der Waals surface area contributed by atoms with Gasteiger partial charge in [-0.1, -0.05) is 20.8 Å². The van der Waals surface area contributed by atoms with Crippen LogP contribution in [0.3, 0.4) is 0 Å². The summed E-state index contributed by atoms with van der Waals surface area (Å²) in [6.45, 7) is 5.80. The van der Waals surface area contributed by atoms with Gasteiger partial charge in [0.15, 0.2) is 9.84 Å². The summed E-state index contributed by atoms with van der Waals surface area (Å²) in [6.07, 6.45) is 0.634. The molecule has 2 rings (SSSR count). The van der Waals surface area contributed by atoms with Crippen molar-refractivity contribution in [1.82, 2.24) is 4.90 Å². The molecule has 1 amide bonds. The molecule has 2 atom stereocenters. The number of hydrogen-bond donors (Lipinski definition) is 0. The number of Topliss-reactive ketones (excluding diaryl/α,β-unsaturated/α-hetero) is 1. The van der Waals surface area contributed by atoms with E-state index in [0.29, 0.717) is 13.0 Å². The molecule has 6 heteroatoms. The van der Waals surface area contributed by atoms with Gasteiger partial charge in [0.2, 0.25) is 5.91 Å². The van der Waals surface area contributed by atoms with E-state index in [4.69, 9.17) is 0 Å². The normalized spacial score (nSPS) is 29.9. The zero-order chi connectivity index (χ0) is 13.7. The molecule has 2 fully saturated rings. The Balaban J connectivity index is 2.00. The van der Waals surface area contributed by atoms with Gasteiger partial charge in [-0.15, -0.1) is 0 Å². The Morgan fingerprint density at radius 2 is 2.00 bits per heavy atom. The van der Waals surface area contributed by atoms with Crippen LogP contribution in [-0.4, -0.2) is 42.7 Å². The van der Waals surface area contributed by atoms with Gasteiger partial charge in [0, 0.05) is 18.4 Å². The third-order valence-corrected chi connectivity index (χ3v) is 5.83. The Morgan fingerprint density at radius 1 is 1.39 bits per heavy atom. The first-order valence-electron chi connectivity index (χ1n) is 6.20. The van der Waals surface area contributed by atoms with Crippen molar-refractivity contribution in [2.24, 2.45) is 11.3 Å². The van der Waals surface area contributed by atoms with Crippen molar-refractivity contribution >= 4 is 21.5 Å². The summed E-state index contributed by atoms with van der Waals surface area (Å²) in [4.78, 5) is 25.0. The zero-order valence-corrected chi connectivity index (χ0v) is 11.8. The first-order valence-corrected chi connectivity index (χ1v) is 7.91. The predicted octanol–water partition coefficient (Wildman–Crippen LogP) is 0.595. The number of carbonyl (C=O) groups is 2. The predicted molar refractivity (Wildman–Crippen MR) is 66.5 cm³/mol. The number of nitrogens with zero attached hydrogens (tertiary/aromatic N) is 1. The van der Waals surface area contributed by atoms with Gasteiger partial charge >= 0.3 is 0 Å². The maximum absolute atomic E-state index is 11.8. The molecule has 0 aromatic carbocycles. The standard InChI is InChI=1S/C12H19NO4S/c1-12(2,3)9(14)5-4-8-10(15)13-6-7-18(16,17)11(8)13/h8,11H,4-7H2,1-3H3/t8-,11-/m0/s1. The van der Waals surface area contributed by atoms with Gasteiger partial charge in [-0.05, 0) is 6.42 Å². The molecule has 0 aromatic rings. The summed E-state index contributed by atoms with van der Waals surface area (Å²) in [5.74, 6) is -0.469. The molecule has 2 aliphatic rings. The molecule has 2 saturated heterocycles. The van der Waals surface area contributed by atoms with Crippen LogP contribution in [0.5, 0.6) is 0 Å². The van der Waals surface area contributed by atoms with Crippen LogP contribution in [0.2, 0.25) is 0 Å². The highest BCUT2D eigenvalue weighted by Crippen LogP contribution is 2.38. The molecule has 0 N–H and O–H groups in total. The maximum atomic E-state index is 11.8. The maximum Gasteiger partial charge on any atom is 0.229 e. The van der Waals surface area contributed by atoms with Crippen molar-refractivity contribution in [2.45, 2.75) is 39.0 Å². The smallest absolute Gasteiger partial charge is 0.229 e. The van der Waals surface area contributed by atoms with Gasteiger partial charge in [-0.25, -0.2) is 8.42 Å². The molecular formula is C12H19NO4S. The number of sulfone groups is 1. The molecule has 2 heterocycles. The molecule has 18 heavy (non-hydrogen) atoms. The van der Waals surface area contributed by atoms with Crippen LogP contribution in [0.25, 0.3) is 0 Å². The third-order valence-electron chi connectivity index (χ3n) is 3.76. The zero-order valence-electron chi connectivity index (χ0n) is 11.0. The van der Waals surface area contributed by atoms with Gasteiger partial charge in [0.05, 0.1) is 11.7 Å². The molecular weight excluding hydrogens is 254 g/mol. The minimum absolute atomic E-state index is 0.0626. The van der Waals surface area contributed by atoms with Crippen LogP contribution in [0, 0.1) is 11.3 Å². The summed E-state index contributed by atoms with van der Waals surface area (Å²) in [6, 6.07) is 0. The second-order valence-corrected chi connectivity index (χ2v) is 8.32. The van der Waals surface area contributed by atoms with E-state index in [1.807, 2.05) is 20.8 Å². The van der Waals surface area contributed by atoms with Crippen molar-refractivity contribution in [3.8, 4) is 0 Å². The number of fused-ring (bicyclic) bond motifs is 1. The van der Waals surface area contributed by atoms with Gasteiger partial charge in [0.1, 0.15) is 11.2 Å². The molecule has 0 spiro atoms. The number of carbonyl (C=O) groups excluding carboxylic acids is 2. The van der Waals surface area contributed by atoms with E-state index in [1.165, 1.54) is 4.90 Å². The summed E-state index contributed by atoms with van der Waals surface area (Å²) in [7, 11) is -3.16. The Bertz CT molecular complexity index is 489. The topological polar surface area (TPSA) is 71.5 Å². The van der Waals surface area contributed by atoms with E-state index in [9.17, 15) is 18.0 Å². The second-order valence-electron chi connectivity index (χ2n) is 6.11. The van der Waals surface area contributed by atoms with Crippen LogP contribution in [0.1, 0.15) is 33.6 Å². The fourth-order valence-electron chi connectivity index (χ4n) is 2.55. The van der Waals surface area contributed by atoms with E-state index in [2.05, 4.69) is 0 Å². The average Bonchev–Trinajstić information content (AvgIpc) is 2.49. The summed E-state index contributed by atoms with van der Waals surface area (Å²) < 4.78 is 23.5. The van der Waals surface area contributed by atoms with E-state index in [1.54, 1.807) is 0 Å². The lowest BCUT2D eigenvalue weighted by atomic mass is 9.84. The molecule has 0 aromatic heterocycles. The highest BCUT2D eigenvalue weighted by atomic mass is 32.2. The lowest BCUT2D eigenvalue weighted by molar-refractivity contribution is -0.149. The molecule has 102 valence electrons.